The first kappa shape index (κ1) is 36.7. The predicted molar refractivity (Wildman–Crippen MR) is 175 cm³/mol. The maximum Gasteiger partial charge on any atom is 0.00236 e. The van der Waals surface area contributed by atoms with Gasteiger partial charge in [-0.1, -0.05) is 156 Å². The van der Waals surface area contributed by atoms with Crippen molar-refractivity contribution in [3.05, 3.63) is 0 Å². The highest BCUT2D eigenvalue weighted by Crippen LogP contribution is 2.26. The number of unbranched alkanes of at least 4 members (excludes halogenated alkanes) is 16. The molecule has 0 radical (unpaired) electrons. The molecule has 0 N–H and O–H groups in total. The SMILES string of the molecule is CCCCCCCCC(CCCCCC)CSCCSCC(CCCCCC)CCCCCCCC. The fourth-order valence-corrected chi connectivity index (χ4v) is 8.00. The first-order valence-corrected chi connectivity index (χ1v) is 19.2. The summed E-state index contributed by atoms with van der Waals surface area (Å²) in [4.78, 5) is 0. The number of hydrogen-bond acceptors (Lipinski definition) is 2. The smallest absolute Gasteiger partial charge is 0.00236 e. The standard InChI is InChI=1S/C34H70S2/c1-5-9-13-17-19-23-27-33(25-21-15-11-7-3)31-35-29-30-36-32-34(26-22-16-12-8-4)28-24-20-18-14-10-6-2/h33-34H,5-32H2,1-4H3. The lowest BCUT2D eigenvalue weighted by Crippen LogP contribution is -2.07. The minimum Gasteiger partial charge on any atom is -0.161 e. The van der Waals surface area contributed by atoms with E-state index in [0.717, 1.165) is 11.8 Å². The molecular formula is C34H70S2. The van der Waals surface area contributed by atoms with Crippen LogP contribution in [0.25, 0.3) is 0 Å². The summed E-state index contributed by atoms with van der Waals surface area (Å²) in [6.07, 6.45) is 34.8. The topological polar surface area (TPSA) is 0 Å². The van der Waals surface area contributed by atoms with Crippen LogP contribution in [0.5, 0.6) is 0 Å². The van der Waals surface area contributed by atoms with Gasteiger partial charge >= 0.3 is 0 Å². The molecule has 0 aliphatic heterocycles. The summed E-state index contributed by atoms with van der Waals surface area (Å²) in [6, 6.07) is 0. The van der Waals surface area contributed by atoms with Crippen molar-refractivity contribution in [1.29, 1.82) is 0 Å². The lowest BCUT2D eigenvalue weighted by atomic mass is 9.96. The Balaban J connectivity index is 4.12. The first-order valence-electron chi connectivity index (χ1n) is 16.9. The van der Waals surface area contributed by atoms with E-state index >= 15 is 0 Å². The average molecular weight is 543 g/mol. The van der Waals surface area contributed by atoms with Gasteiger partial charge in [-0.2, -0.15) is 23.5 Å². The third-order valence-electron chi connectivity index (χ3n) is 7.94. The Bertz CT molecular complexity index is 347. The second-order valence-corrected chi connectivity index (χ2v) is 14.0. The van der Waals surface area contributed by atoms with E-state index in [1.807, 2.05) is 0 Å². The molecule has 36 heavy (non-hydrogen) atoms. The van der Waals surface area contributed by atoms with Crippen LogP contribution >= 0.6 is 23.5 Å². The lowest BCUT2D eigenvalue weighted by molar-refractivity contribution is 0.439. The lowest BCUT2D eigenvalue weighted by Gasteiger charge is -2.18. The van der Waals surface area contributed by atoms with Crippen molar-refractivity contribution in [3.63, 3.8) is 0 Å². The molecule has 0 saturated carbocycles. The molecule has 0 spiro atoms. The van der Waals surface area contributed by atoms with Crippen molar-refractivity contribution >= 4 is 23.5 Å². The van der Waals surface area contributed by atoms with Crippen LogP contribution in [0.1, 0.15) is 182 Å². The molecule has 2 heteroatoms. The molecule has 0 amide bonds. The highest BCUT2D eigenvalue weighted by molar-refractivity contribution is 8.02. The van der Waals surface area contributed by atoms with Gasteiger partial charge in [0.15, 0.2) is 0 Å². The molecule has 0 fully saturated rings. The van der Waals surface area contributed by atoms with E-state index in [9.17, 15) is 0 Å². The molecule has 0 aliphatic rings. The minimum absolute atomic E-state index is 0.988. The van der Waals surface area contributed by atoms with Crippen LogP contribution in [-0.4, -0.2) is 23.0 Å². The van der Waals surface area contributed by atoms with Crippen molar-refractivity contribution in [3.8, 4) is 0 Å². The van der Waals surface area contributed by atoms with E-state index in [4.69, 9.17) is 0 Å². The summed E-state index contributed by atoms with van der Waals surface area (Å²) in [7, 11) is 0. The summed E-state index contributed by atoms with van der Waals surface area (Å²) in [5.41, 5.74) is 0. The highest BCUT2D eigenvalue weighted by atomic mass is 32.2. The summed E-state index contributed by atoms with van der Waals surface area (Å²) < 4.78 is 0. The van der Waals surface area contributed by atoms with E-state index in [1.54, 1.807) is 0 Å². The molecule has 0 rings (SSSR count). The molecule has 218 valence electrons. The second-order valence-electron chi connectivity index (χ2n) is 11.7. The van der Waals surface area contributed by atoms with Gasteiger partial charge in [0.25, 0.3) is 0 Å². The van der Waals surface area contributed by atoms with Gasteiger partial charge in [0.2, 0.25) is 0 Å². The van der Waals surface area contributed by atoms with Crippen LogP contribution in [-0.2, 0) is 0 Å². The molecule has 0 aromatic heterocycles. The first-order chi connectivity index (χ1) is 17.8. The summed E-state index contributed by atoms with van der Waals surface area (Å²) in [6.45, 7) is 9.33. The Morgan fingerprint density at radius 2 is 0.583 bits per heavy atom. The predicted octanol–water partition coefficient (Wildman–Crippen LogP) is 13.1. The van der Waals surface area contributed by atoms with Crippen LogP contribution < -0.4 is 0 Å². The molecule has 0 aliphatic carbocycles. The van der Waals surface area contributed by atoms with E-state index < -0.39 is 0 Å². The van der Waals surface area contributed by atoms with Crippen molar-refractivity contribution in [1.82, 2.24) is 0 Å². The fourth-order valence-electron chi connectivity index (χ4n) is 5.39. The normalized spacial score (nSPS) is 13.3. The molecule has 0 nitrogen and oxygen atoms in total. The van der Waals surface area contributed by atoms with Crippen LogP contribution in [0.4, 0.5) is 0 Å². The van der Waals surface area contributed by atoms with Gasteiger partial charge in [0, 0.05) is 11.5 Å². The average Bonchev–Trinajstić information content (AvgIpc) is 2.89. The van der Waals surface area contributed by atoms with Gasteiger partial charge in [0.1, 0.15) is 0 Å². The molecular weight excluding hydrogens is 473 g/mol. The molecule has 2 atom stereocenters. The van der Waals surface area contributed by atoms with Crippen LogP contribution in [0.3, 0.4) is 0 Å². The van der Waals surface area contributed by atoms with E-state index in [2.05, 4.69) is 51.2 Å². The molecule has 0 saturated heterocycles. The number of thioether (sulfide) groups is 2. The van der Waals surface area contributed by atoms with Crippen LogP contribution in [0.15, 0.2) is 0 Å². The van der Waals surface area contributed by atoms with Crippen LogP contribution in [0, 0.1) is 11.8 Å². The second kappa shape index (κ2) is 31.9. The summed E-state index contributed by atoms with van der Waals surface area (Å²) >= 11 is 4.56. The maximum atomic E-state index is 2.34. The van der Waals surface area contributed by atoms with Gasteiger partial charge < -0.3 is 0 Å². The van der Waals surface area contributed by atoms with Crippen molar-refractivity contribution in [2.45, 2.75) is 182 Å². The quantitative estimate of drug-likeness (QED) is 0.0799. The Hall–Kier alpha value is 0.700. The zero-order valence-electron chi connectivity index (χ0n) is 25.8. The fraction of sp³-hybridized carbons (Fsp3) is 1.00. The van der Waals surface area contributed by atoms with Gasteiger partial charge in [-0.3, -0.25) is 0 Å². The van der Waals surface area contributed by atoms with Crippen molar-refractivity contribution in [2.75, 3.05) is 23.0 Å². The Labute approximate surface area is 239 Å². The Morgan fingerprint density at radius 3 is 0.889 bits per heavy atom. The highest BCUT2D eigenvalue weighted by Gasteiger charge is 2.11. The van der Waals surface area contributed by atoms with Gasteiger partial charge in [-0.15, -0.1) is 0 Å². The molecule has 0 bridgehead atoms. The van der Waals surface area contributed by atoms with Gasteiger partial charge in [-0.25, -0.2) is 0 Å². The summed E-state index contributed by atoms with van der Waals surface area (Å²) in [5, 5.41) is 0. The maximum absolute atomic E-state index is 2.34. The minimum atomic E-state index is 0.988. The molecule has 0 aromatic carbocycles. The van der Waals surface area contributed by atoms with Crippen molar-refractivity contribution in [2.24, 2.45) is 11.8 Å². The zero-order valence-corrected chi connectivity index (χ0v) is 27.4. The van der Waals surface area contributed by atoms with E-state index in [1.165, 1.54) is 177 Å². The zero-order chi connectivity index (χ0) is 26.4. The van der Waals surface area contributed by atoms with Crippen LogP contribution in [0.2, 0.25) is 0 Å². The third kappa shape index (κ3) is 27.7. The monoisotopic (exact) mass is 542 g/mol. The van der Waals surface area contributed by atoms with Gasteiger partial charge in [0.05, 0.1) is 0 Å². The van der Waals surface area contributed by atoms with Gasteiger partial charge in [-0.05, 0) is 49.0 Å². The van der Waals surface area contributed by atoms with E-state index in [-0.39, 0.29) is 0 Å². The Kier molecular flexibility index (Phi) is 32.5. The third-order valence-corrected chi connectivity index (χ3v) is 10.6. The largest absolute Gasteiger partial charge is 0.161 e. The number of hydrogen-bond donors (Lipinski definition) is 0. The van der Waals surface area contributed by atoms with E-state index in [0.29, 0.717) is 0 Å². The Morgan fingerprint density at radius 1 is 0.333 bits per heavy atom. The molecule has 2 unspecified atom stereocenters. The number of rotatable bonds is 31. The molecule has 0 heterocycles. The van der Waals surface area contributed by atoms with Crippen molar-refractivity contribution < 1.29 is 0 Å². The molecule has 0 aromatic rings. The summed E-state index contributed by atoms with van der Waals surface area (Å²) in [5.74, 6) is 7.60.